The van der Waals surface area contributed by atoms with Crippen molar-refractivity contribution in [1.82, 2.24) is 0 Å². The van der Waals surface area contributed by atoms with Gasteiger partial charge < -0.3 is 5.11 Å². The second kappa shape index (κ2) is 5.58. The zero-order valence-corrected chi connectivity index (χ0v) is 11.9. The first-order valence-electron chi connectivity index (χ1n) is 6.88. The standard InChI is InChI=1S/C18H22O/c1-4-14-10-12-15(13-11-14)17(19)18(2,3)16-8-6-5-7-9-16/h5-13,17,19H,4H2,1-3H3. The van der Waals surface area contributed by atoms with Crippen LogP contribution in [-0.4, -0.2) is 5.11 Å². The number of hydrogen-bond acceptors (Lipinski definition) is 1. The lowest BCUT2D eigenvalue weighted by Crippen LogP contribution is -2.26. The number of benzene rings is 2. The Bertz CT molecular complexity index is 511. The Morgan fingerprint density at radius 1 is 0.947 bits per heavy atom. The third-order valence-corrected chi connectivity index (χ3v) is 3.91. The summed E-state index contributed by atoms with van der Waals surface area (Å²) in [7, 11) is 0. The van der Waals surface area contributed by atoms with E-state index in [1.54, 1.807) is 0 Å². The van der Waals surface area contributed by atoms with Crippen LogP contribution in [-0.2, 0) is 11.8 Å². The van der Waals surface area contributed by atoms with E-state index in [0.717, 1.165) is 17.5 Å². The largest absolute Gasteiger partial charge is 0.388 e. The van der Waals surface area contributed by atoms with Crippen molar-refractivity contribution in [2.24, 2.45) is 0 Å². The Morgan fingerprint density at radius 3 is 2.05 bits per heavy atom. The van der Waals surface area contributed by atoms with Gasteiger partial charge in [-0.15, -0.1) is 0 Å². The van der Waals surface area contributed by atoms with Crippen LogP contribution < -0.4 is 0 Å². The van der Waals surface area contributed by atoms with Crippen molar-refractivity contribution < 1.29 is 5.11 Å². The van der Waals surface area contributed by atoms with Gasteiger partial charge in [0.1, 0.15) is 0 Å². The minimum Gasteiger partial charge on any atom is -0.388 e. The fraction of sp³-hybridized carbons (Fsp3) is 0.333. The van der Waals surface area contributed by atoms with Crippen LogP contribution in [0.4, 0.5) is 0 Å². The van der Waals surface area contributed by atoms with Crippen LogP contribution in [0.3, 0.4) is 0 Å². The van der Waals surface area contributed by atoms with E-state index in [9.17, 15) is 5.11 Å². The Kier molecular flexibility index (Phi) is 4.06. The Balaban J connectivity index is 2.29. The van der Waals surface area contributed by atoms with Crippen molar-refractivity contribution in [3.63, 3.8) is 0 Å². The molecule has 0 radical (unpaired) electrons. The van der Waals surface area contributed by atoms with E-state index in [0.29, 0.717) is 0 Å². The van der Waals surface area contributed by atoms with Crippen LogP contribution in [0.2, 0.25) is 0 Å². The molecular formula is C18H22O. The maximum atomic E-state index is 10.7. The van der Waals surface area contributed by atoms with Gasteiger partial charge in [-0.3, -0.25) is 0 Å². The first-order chi connectivity index (χ1) is 9.05. The Morgan fingerprint density at radius 2 is 1.53 bits per heavy atom. The molecule has 0 aliphatic rings. The van der Waals surface area contributed by atoms with Crippen molar-refractivity contribution in [2.75, 3.05) is 0 Å². The number of hydrogen-bond donors (Lipinski definition) is 1. The molecule has 1 nitrogen and oxygen atoms in total. The molecule has 19 heavy (non-hydrogen) atoms. The molecular weight excluding hydrogens is 232 g/mol. The minimum absolute atomic E-state index is 0.297. The molecule has 0 fully saturated rings. The predicted molar refractivity (Wildman–Crippen MR) is 80.2 cm³/mol. The normalized spacial score (nSPS) is 13.3. The topological polar surface area (TPSA) is 20.2 Å². The van der Waals surface area contributed by atoms with Crippen molar-refractivity contribution in [3.8, 4) is 0 Å². The van der Waals surface area contributed by atoms with E-state index in [2.05, 4.69) is 45.0 Å². The quantitative estimate of drug-likeness (QED) is 0.864. The molecule has 100 valence electrons. The fourth-order valence-electron chi connectivity index (χ4n) is 2.38. The van der Waals surface area contributed by atoms with Gasteiger partial charge in [0.15, 0.2) is 0 Å². The molecule has 1 N–H and O–H groups in total. The average molecular weight is 254 g/mol. The van der Waals surface area contributed by atoms with Crippen LogP contribution in [0.25, 0.3) is 0 Å². The summed E-state index contributed by atoms with van der Waals surface area (Å²) in [6, 6.07) is 18.4. The van der Waals surface area contributed by atoms with Gasteiger partial charge in [0.25, 0.3) is 0 Å². The van der Waals surface area contributed by atoms with Gasteiger partial charge in [-0.1, -0.05) is 75.4 Å². The lowest BCUT2D eigenvalue weighted by Gasteiger charge is -2.31. The smallest absolute Gasteiger partial charge is 0.0881 e. The fourth-order valence-corrected chi connectivity index (χ4v) is 2.38. The van der Waals surface area contributed by atoms with Crippen LogP contribution >= 0.6 is 0 Å². The molecule has 1 unspecified atom stereocenters. The molecule has 2 aromatic rings. The van der Waals surface area contributed by atoms with Gasteiger partial charge in [0.2, 0.25) is 0 Å². The maximum absolute atomic E-state index is 10.7. The molecule has 0 saturated heterocycles. The molecule has 0 spiro atoms. The molecule has 1 atom stereocenters. The van der Waals surface area contributed by atoms with Crippen LogP contribution in [0.1, 0.15) is 43.6 Å². The van der Waals surface area contributed by atoms with Gasteiger partial charge in [-0.25, -0.2) is 0 Å². The molecule has 0 saturated carbocycles. The lowest BCUT2D eigenvalue weighted by molar-refractivity contribution is 0.100. The summed E-state index contributed by atoms with van der Waals surface area (Å²) in [6.07, 6.45) is 0.527. The lowest BCUT2D eigenvalue weighted by atomic mass is 9.76. The summed E-state index contributed by atoms with van der Waals surface area (Å²) in [6.45, 7) is 6.31. The predicted octanol–water partition coefficient (Wildman–Crippen LogP) is 4.26. The van der Waals surface area contributed by atoms with E-state index >= 15 is 0 Å². The molecule has 0 heterocycles. The first-order valence-corrected chi connectivity index (χ1v) is 6.88. The highest BCUT2D eigenvalue weighted by atomic mass is 16.3. The number of aliphatic hydroxyl groups excluding tert-OH is 1. The van der Waals surface area contributed by atoms with Crippen molar-refractivity contribution >= 4 is 0 Å². The monoisotopic (exact) mass is 254 g/mol. The van der Waals surface area contributed by atoms with Gasteiger partial charge in [-0.05, 0) is 23.1 Å². The van der Waals surface area contributed by atoms with Gasteiger partial charge >= 0.3 is 0 Å². The molecule has 0 amide bonds. The van der Waals surface area contributed by atoms with E-state index in [-0.39, 0.29) is 5.41 Å². The molecule has 0 bridgehead atoms. The first kappa shape index (κ1) is 13.8. The summed E-state index contributed by atoms with van der Waals surface area (Å²) < 4.78 is 0. The van der Waals surface area contributed by atoms with Gasteiger partial charge in [0, 0.05) is 5.41 Å². The molecule has 2 aromatic carbocycles. The summed E-state index contributed by atoms with van der Waals surface area (Å²) in [5, 5.41) is 10.7. The van der Waals surface area contributed by atoms with E-state index in [1.807, 2.05) is 30.3 Å². The highest BCUT2D eigenvalue weighted by molar-refractivity contribution is 5.32. The molecule has 0 aromatic heterocycles. The van der Waals surface area contributed by atoms with Crippen molar-refractivity contribution in [2.45, 2.75) is 38.7 Å². The van der Waals surface area contributed by atoms with Gasteiger partial charge in [0.05, 0.1) is 6.10 Å². The third-order valence-electron chi connectivity index (χ3n) is 3.91. The number of rotatable bonds is 4. The van der Waals surface area contributed by atoms with Gasteiger partial charge in [-0.2, -0.15) is 0 Å². The minimum atomic E-state index is -0.499. The molecule has 2 rings (SSSR count). The summed E-state index contributed by atoms with van der Waals surface area (Å²) in [4.78, 5) is 0. The summed E-state index contributed by atoms with van der Waals surface area (Å²) >= 11 is 0. The van der Waals surface area contributed by atoms with Crippen molar-refractivity contribution in [3.05, 3.63) is 71.3 Å². The van der Waals surface area contributed by atoms with Crippen molar-refractivity contribution in [1.29, 1.82) is 0 Å². The summed E-state index contributed by atoms with van der Waals surface area (Å²) in [5.41, 5.74) is 3.14. The zero-order valence-electron chi connectivity index (χ0n) is 11.9. The van der Waals surface area contributed by atoms with Crippen LogP contribution in [0, 0.1) is 0 Å². The second-order valence-corrected chi connectivity index (χ2v) is 5.59. The third kappa shape index (κ3) is 2.87. The second-order valence-electron chi connectivity index (χ2n) is 5.59. The molecule has 1 heteroatoms. The van der Waals surface area contributed by atoms with Crippen LogP contribution in [0.5, 0.6) is 0 Å². The highest BCUT2D eigenvalue weighted by Gasteiger charge is 2.30. The van der Waals surface area contributed by atoms with E-state index < -0.39 is 6.10 Å². The highest BCUT2D eigenvalue weighted by Crippen LogP contribution is 2.36. The Labute approximate surface area is 115 Å². The number of aliphatic hydroxyl groups is 1. The molecule has 0 aliphatic carbocycles. The number of aryl methyl sites for hydroxylation is 1. The SMILES string of the molecule is CCc1ccc(C(O)C(C)(C)c2ccccc2)cc1. The van der Waals surface area contributed by atoms with E-state index in [4.69, 9.17) is 0 Å². The summed E-state index contributed by atoms with van der Waals surface area (Å²) in [5.74, 6) is 0. The van der Waals surface area contributed by atoms with Crippen LogP contribution in [0.15, 0.2) is 54.6 Å². The zero-order chi connectivity index (χ0) is 13.9. The maximum Gasteiger partial charge on any atom is 0.0881 e. The van der Waals surface area contributed by atoms with E-state index in [1.165, 1.54) is 5.56 Å². The Hall–Kier alpha value is -1.60. The average Bonchev–Trinajstić information content (AvgIpc) is 2.47. The molecule has 0 aliphatic heterocycles.